The van der Waals surface area contributed by atoms with Crippen molar-refractivity contribution in [3.8, 4) is 11.5 Å². The van der Waals surface area contributed by atoms with Crippen molar-refractivity contribution < 1.29 is 27.5 Å². The molecule has 9 nitrogen and oxygen atoms in total. The smallest absolute Gasteiger partial charge is 0.264 e. The Morgan fingerprint density at radius 1 is 0.932 bits per heavy atom. The van der Waals surface area contributed by atoms with E-state index in [-0.39, 0.29) is 35.2 Å². The number of benzene rings is 3. The average molecular weight is 665 g/mol. The van der Waals surface area contributed by atoms with Crippen molar-refractivity contribution in [1.82, 2.24) is 10.2 Å². The minimum atomic E-state index is -4.32. The fourth-order valence-corrected chi connectivity index (χ4v) is 6.45. The van der Waals surface area contributed by atoms with Gasteiger partial charge in [0.2, 0.25) is 11.8 Å². The van der Waals surface area contributed by atoms with Crippen LogP contribution in [-0.2, 0) is 26.2 Å². The van der Waals surface area contributed by atoms with E-state index in [1.54, 1.807) is 49.4 Å². The number of hydrogen-bond acceptors (Lipinski definition) is 6. The number of aryl methyl sites for hydroxylation is 1. The maximum absolute atomic E-state index is 14.3. The number of halogens is 2. The molecule has 3 aromatic rings. The summed E-state index contributed by atoms with van der Waals surface area (Å²) < 4.78 is 40.0. The van der Waals surface area contributed by atoms with Crippen molar-refractivity contribution in [2.45, 2.75) is 64.1 Å². The Hall–Kier alpha value is -3.47. The molecule has 238 valence electrons. The Morgan fingerprint density at radius 2 is 1.57 bits per heavy atom. The molecule has 0 aliphatic carbocycles. The quantitative estimate of drug-likeness (QED) is 0.246. The number of hydrogen-bond donors (Lipinski definition) is 1. The van der Waals surface area contributed by atoms with Gasteiger partial charge in [0, 0.05) is 28.2 Å². The standard InChI is InChI=1S/C32H39Cl2N3O6S/c1-8-27(31(39)35-32(3,4)5)36(19-22-11-12-23(33)17-26(22)34)30(38)20-37(24-13-9-21(2)10-14-24)44(40,41)25-15-16-28(42-6)29(18-25)43-7/h9-18,27H,8,19-20H2,1-7H3,(H,35,39)/t27-/m1/s1. The Morgan fingerprint density at radius 3 is 2.11 bits per heavy atom. The van der Waals surface area contributed by atoms with Crippen molar-refractivity contribution >= 4 is 50.7 Å². The summed E-state index contributed by atoms with van der Waals surface area (Å²) in [5, 5.41) is 3.67. The zero-order chi connectivity index (χ0) is 32.8. The van der Waals surface area contributed by atoms with Gasteiger partial charge in [0.05, 0.1) is 24.8 Å². The molecular formula is C32H39Cl2N3O6S. The lowest BCUT2D eigenvalue weighted by Gasteiger charge is -2.35. The van der Waals surface area contributed by atoms with E-state index in [1.807, 2.05) is 27.7 Å². The third-order valence-electron chi connectivity index (χ3n) is 6.78. The summed E-state index contributed by atoms with van der Waals surface area (Å²) in [5.74, 6) is -0.404. The molecule has 3 aromatic carbocycles. The van der Waals surface area contributed by atoms with E-state index in [1.165, 1.54) is 37.3 Å². The summed E-state index contributed by atoms with van der Waals surface area (Å²) in [6, 6.07) is 14.9. The monoisotopic (exact) mass is 663 g/mol. The lowest BCUT2D eigenvalue weighted by molar-refractivity contribution is -0.141. The maximum atomic E-state index is 14.3. The molecule has 3 rings (SSSR count). The number of nitrogens with zero attached hydrogens (tertiary/aromatic N) is 2. The highest BCUT2D eigenvalue weighted by molar-refractivity contribution is 7.92. The van der Waals surface area contributed by atoms with Crippen molar-refractivity contribution in [3.63, 3.8) is 0 Å². The summed E-state index contributed by atoms with van der Waals surface area (Å²) in [7, 11) is -1.46. The molecular weight excluding hydrogens is 625 g/mol. The first kappa shape index (κ1) is 35.0. The van der Waals surface area contributed by atoms with E-state index in [4.69, 9.17) is 32.7 Å². The molecule has 0 saturated heterocycles. The van der Waals surface area contributed by atoms with Crippen LogP contribution in [0.4, 0.5) is 5.69 Å². The van der Waals surface area contributed by atoms with Crippen LogP contribution in [0.2, 0.25) is 10.0 Å². The fourth-order valence-electron chi connectivity index (χ4n) is 4.55. The van der Waals surface area contributed by atoms with Gasteiger partial charge in [-0.3, -0.25) is 13.9 Å². The molecule has 1 N–H and O–H groups in total. The predicted molar refractivity (Wildman–Crippen MR) is 174 cm³/mol. The number of sulfonamides is 1. The molecule has 44 heavy (non-hydrogen) atoms. The molecule has 0 fully saturated rings. The number of carbonyl (C=O) groups excluding carboxylic acids is 2. The summed E-state index contributed by atoms with van der Waals surface area (Å²) >= 11 is 12.6. The van der Waals surface area contributed by atoms with Gasteiger partial charge < -0.3 is 19.7 Å². The van der Waals surface area contributed by atoms with Crippen molar-refractivity contribution in [2.24, 2.45) is 0 Å². The number of rotatable bonds is 12. The van der Waals surface area contributed by atoms with Gasteiger partial charge in [-0.2, -0.15) is 0 Å². The van der Waals surface area contributed by atoms with Gasteiger partial charge in [-0.05, 0) is 76.1 Å². The van der Waals surface area contributed by atoms with Gasteiger partial charge in [0.15, 0.2) is 11.5 Å². The topological polar surface area (TPSA) is 105 Å². The highest BCUT2D eigenvalue weighted by Crippen LogP contribution is 2.33. The zero-order valence-electron chi connectivity index (χ0n) is 26.0. The first-order valence-electron chi connectivity index (χ1n) is 14.0. The van der Waals surface area contributed by atoms with E-state index < -0.39 is 34.1 Å². The normalized spacial score (nSPS) is 12.3. The van der Waals surface area contributed by atoms with Crippen LogP contribution in [0.3, 0.4) is 0 Å². The lowest BCUT2D eigenvalue weighted by Crippen LogP contribution is -2.55. The van der Waals surface area contributed by atoms with Gasteiger partial charge in [0.25, 0.3) is 10.0 Å². The Labute approximate surface area is 270 Å². The van der Waals surface area contributed by atoms with Crippen LogP contribution in [0, 0.1) is 6.92 Å². The number of carbonyl (C=O) groups is 2. The molecule has 0 bridgehead atoms. The number of methoxy groups -OCH3 is 2. The molecule has 12 heteroatoms. The average Bonchev–Trinajstić information content (AvgIpc) is 2.95. The van der Waals surface area contributed by atoms with E-state index in [0.29, 0.717) is 21.4 Å². The SMILES string of the molecule is CC[C@H](C(=O)NC(C)(C)C)N(Cc1ccc(Cl)cc1Cl)C(=O)CN(c1ccc(C)cc1)S(=O)(=O)c1ccc(OC)c(OC)c1. The van der Waals surface area contributed by atoms with Gasteiger partial charge >= 0.3 is 0 Å². The molecule has 0 radical (unpaired) electrons. The van der Waals surface area contributed by atoms with E-state index >= 15 is 0 Å². The number of anilines is 1. The van der Waals surface area contributed by atoms with E-state index in [2.05, 4.69) is 5.32 Å². The molecule has 2 amide bonds. The van der Waals surface area contributed by atoms with Crippen LogP contribution < -0.4 is 19.1 Å². The van der Waals surface area contributed by atoms with E-state index in [0.717, 1.165) is 9.87 Å². The van der Waals surface area contributed by atoms with Gasteiger partial charge in [-0.15, -0.1) is 0 Å². The largest absolute Gasteiger partial charge is 0.493 e. The second-order valence-electron chi connectivity index (χ2n) is 11.3. The van der Waals surface area contributed by atoms with Crippen LogP contribution in [0.15, 0.2) is 65.6 Å². The van der Waals surface area contributed by atoms with Crippen molar-refractivity contribution in [3.05, 3.63) is 81.8 Å². The summed E-state index contributed by atoms with van der Waals surface area (Å²) in [6.45, 7) is 8.54. The lowest BCUT2D eigenvalue weighted by atomic mass is 10.1. The Bertz CT molecular complexity index is 1590. The third kappa shape index (κ3) is 8.58. The van der Waals surface area contributed by atoms with Crippen LogP contribution in [-0.4, -0.2) is 57.5 Å². The molecule has 0 aliphatic heterocycles. The Balaban J connectivity index is 2.13. The fraction of sp³-hybridized carbons (Fsp3) is 0.375. The minimum Gasteiger partial charge on any atom is -0.493 e. The maximum Gasteiger partial charge on any atom is 0.264 e. The second-order valence-corrected chi connectivity index (χ2v) is 14.0. The van der Waals surface area contributed by atoms with Crippen LogP contribution in [0.1, 0.15) is 45.2 Å². The van der Waals surface area contributed by atoms with Crippen LogP contribution >= 0.6 is 23.2 Å². The highest BCUT2D eigenvalue weighted by atomic mass is 35.5. The molecule has 0 spiro atoms. The third-order valence-corrected chi connectivity index (χ3v) is 9.14. The zero-order valence-corrected chi connectivity index (χ0v) is 28.3. The number of nitrogens with one attached hydrogen (secondary N) is 1. The van der Waals surface area contributed by atoms with Gasteiger partial charge in [-0.1, -0.05) is 53.9 Å². The van der Waals surface area contributed by atoms with Crippen molar-refractivity contribution in [1.29, 1.82) is 0 Å². The molecule has 0 heterocycles. The minimum absolute atomic E-state index is 0.0525. The number of amides is 2. The molecule has 0 unspecified atom stereocenters. The second kappa shape index (κ2) is 14.5. The van der Waals surface area contributed by atoms with Crippen LogP contribution in [0.25, 0.3) is 0 Å². The molecule has 1 atom stereocenters. The van der Waals surface area contributed by atoms with Gasteiger partial charge in [0.1, 0.15) is 12.6 Å². The highest BCUT2D eigenvalue weighted by Gasteiger charge is 2.35. The van der Waals surface area contributed by atoms with Gasteiger partial charge in [-0.25, -0.2) is 8.42 Å². The summed E-state index contributed by atoms with van der Waals surface area (Å²) in [6.07, 6.45) is 0.270. The molecule has 0 saturated carbocycles. The van der Waals surface area contributed by atoms with E-state index in [9.17, 15) is 18.0 Å². The molecule has 0 aromatic heterocycles. The first-order chi connectivity index (χ1) is 20.6. The summed E-state index contributed by atoms with van der Waals surface area (Å²) in [4.78, 5) is 29.0. The predicted octanol–water partition coefficient (Wildman–Crippen LogP) is 6.24. The molecule has 0 aliphatic rings. The number of ether oxygens (including phenoxy) is 2. The van der Waals surface area contributed by atoms with Crippen molar-refractivity contribution in [2.75, 3.05) is 25.1 Å². The summed E-state index contributed by atoms with van der Waals surface area (Å²) in [5.41, 5.74) is 1.17. The van der Waals surface area contributed by atoms with Crippen LogP contribution in [0.5, 0.6) is 11.5 Å². The first-order valence-corrected chi connectivity index (χ1v) is 16.2. The Kier molecular flexibility index (Phi) is 11.6.